The normalized spacial score (nSPS) is 13.5. The van der Waals surface area contributed by atoms with Gasteiger partial charge in [0.1, 0.15) is 0 Å². The van der Waals surface area contributed by atoms with Crippen LogP contribution in [-0.4, -0.2) is 5.09 Å². The minimum atomic E-state index is -4.55. The average molecular weight is 225 g/mol. The van der Waals surface area contributed by atoms with Gasteiger partial charge in [-0.25, -0.2) is 0 Å². The number of hydrogen-bond acceptors (Lipinski definition) is 5. The Morgan fingerprint density at radius 2 is 1.79 bits per heavy atom. The summed E-state index contributed by atoms with van der Waals surface area (Å²) in [4.78, 5) is 20.8. The molecule has 0 spiro atoms. The Balaban J connectivity index is 0.00000169. The molecule has 1 aromatic carbocycles. The van der Waals surface area contributed by atoms with E-state index in [9.17, 15) is 19.6 Å². The fourth-order valence-corrected chi connectivity index (χ4v) is 1.55. The third-order valence-corrected chi connectivity index (χ3v) is 2.53. The zero-order valence-corrected chi connectivity index (χ0v) is 10.2. The molecule has 1 aromatic rings. The van der Waals surface area contributed by atoms with Gasteiger partial charge in [-0.15, -0.1) is 10.1 Å². The van der Waals surface area contributed by atoms with Gasteiger partial charge in [-0.1, -0.05) is 30.3 Å². The summed E-state index contributed by atoms with van der Waals surface area (Å²) in [7, 11) is -4.55. The van der Waals surface area contributed by atoms with E-state index in [4.69, 9.17) is 0 Å². The first kappa shape index (κ1) is 13.6. The smallest absolute Gasteiger partial charge is 0.776 e. The van der Waals surface area contributed by atoms with E-state index in [1.54, 1.807) is 6.07 Å². The second-order valence-corrected chi connectivity index (χ2v) is 3.81. The summed E-state index contributed by atoms with van der Waals surface area (Å²) in [5, 5.41) is 8.24. The predicted molar refractivity (Wildman–Crippen MR) is 41.8 cm³/mol. The molecule has 0 radical (unpaired) electrons. The molecule has 0 heterocycles. The van der Waals surface area contributed by atoms with Crippen molar-refractivity contribution >= 4 is 12.9 Å². The molecule has 1 rings (SSSR count). The molecule has 70 valence electrons. The van der Waals surface area contributed by atoms with Crippen LogP contribution in [0.15, 0.2) is 30.3 Å². The summed E-state index contributed by atoms with van der Waals surface area (Å²) in [5.41, 5.74) is 0. The molecular weight excluding hydrogens is 220 g/mol. The Labute approximate surface area is 102 Å². The van der Waals surface area contributed by atoms with E-state index in [2.05, 4.69) is 4.62 Å². The van der Waals surface area contributed by atoms with Crippen molar-refractivity contribution in [3.8, 4) is 0 Å². The largest absolute Gasteiger partial charge is 1.00 e. The maximum absolute atomic E-state index is 11.0. The predicted octanol–water partition coefficient (Wildman–Crippen LogP) is -2.92. The van der Waals surface area contributed by atoms with Gasteiger partial charge in [-0.05, 0) is 0 Å². The molecule has 0 aliphatic heterocycles. The van der Waals surface area contributed by atoms with Crippen molar-refractivity contribution in [2.75, 3.05) is 0 Å². The third kappa shape index (κ3) is 3.77. The van der Waals surface area contributed by atoms with Crippen molar-refractivity contribution in [3.05, 3.63) is 40.4 Å². The monoisotopic (exact) mass is 225 g/mol. The Bertz CT molecular complexity index is 356. The van der Waals surface area contributed by atoms with Crippen molar-refractivity contribution < 1.29 is 48.7 Å². The second-order valence-electron chi connectivity index (χ2n) is 2.14. The molecule has 1 atom stereocenters. The van der Waals surface area contributed by atoms with Crippen LogP contribution in [0, 0.1) is 10.1 Å². The second kappa shape index (κ2) is 5.48. The van der Waals surface area contributed by atoms with Crippen LogP contribution >= 0.6 is 7.60 Å². The number of rotatable bonds is 3. The van der Waals surface area contributed by atoms with E-state index >= 15 is 0 Å². The Hall–Kier alpha value is -0.390. The summed E-state index contributed by atoms with van der Waals surface area (Å²) in [6.07, 6.45) is 0. The number of nitrogens with zero attached hydrogens (tertiary/aromatic N) is 1. The SMILES string of the molecule is O=[N+]([O-])OP(=O)([O-])c1ccccc1.[Na+]. The van der Waals surface area contributed by atoms with E-state index in [0.717, 1.165) is 0 Å². The molecule has 0 aliphatic carbocycles. The standard InChI is InChI=1S/C6H6NO5P.Na/c8-7(9)12-13(10,11)6-4-2-1-3-5-6;/h1-5H,(H,10,11);/q;+1/p-1. The molecule has 0 amide bonds. The van der Waals surface area contributed by atoms with Crippen LogP contribution in [0.5, 0.6) is 0 Å². The van der Waals surface area contributed by atoms with Crippen LogP contribution in [-0.2, 0) is 9.19 Å². The van der Waals surface area contributed by atoms with E-state index < -0.39 is 12.7 Å². The van der Waals surface area contributed by atoms with Crippen LogP contribution in [0.1, 0.15) is 0 Å². The van der Waals surface area contributed by atoms with Crippen molar-refractivity contribution in [1.29, 1.82) is 0 Å². The van der Waals surface area contributed by atoms with E-state index in [0.29, 0.717) is 0 Å². The van der Waals surface area contributed by atoms with Crippen molar-refractivity contribution in [2.45, 2.75) is 0 Å². The Morgan fingerprint density at radius 3 is 2.21 bits per heavy atom. The van der Waals surface area contributed by atoms with Crippen molar-refractivity contribution in [1.82, 2.24) is 0 Å². The molecule has 14 heavy (non-hydrogen) atoms. The van der Waals surface area contributed by atoms with Crippen LogP contribution in [0.4, 0.5) is 0 Å². The van der Waals surface area contributed by atoms with Gasteiger partial charge in [0, 0.05) is 5.30 Å². The molecule has 0 N–H and O–H groups in total. The Kier molecular flexibility index (Phi) is 5.33. The van der Waals surface area contributed by atoms with Gasteiger partial charge in [-0.2, -0.15) is 0 Å². The first-order valence-electron chi connectivity index (χ1n) is 3.23. The maximum atomic E-state index is 11.0. The van der Waals surface area contributed by atoms with E-state index in [1.807, 2.05) is 0 Å². The molecule has 0 bridgehead atoms. The van der Waals surface area contributed by atoms with Crippen molar-refractivity contribution in [2.24, 2.45) is 0 Å². The summed E-state index contributed by atoms with van der Waals surface area (Å²) >= 11 is 0. The van der Waals surface area contributed by atoms with Gasteiger partial charge in [0.15, 0.2) is 0 Å². The minimum Gasteiger partial charge on any atom is -0.776 e. The van der Waals surface area contributed by atoms with Crippen LogP contribution in [0.25, 0.3) is 0 Å². The summed E-state index contributed by atoms with van der Waals surface area (Å²) < 4.78 is 14.6. The van der Waals surface area contributed by atoms with Crippen LogP contribution in [0.2, 0.25) is 0 Å². The summed E-state index contributed by atoms with van der Waals surface area (Å²) in [6, 6.07) is 6.93. The van der Waals surface area contributed by atoms with Crippen molar-refractivity contribution in [3.63, 3.8) is 0 Å². The molecule has 6 nitrogen and oxygen atoms in total. The van der Waals surface area contributed by atoms with Gasteiger partial charge in [-0.3, -0.25) is 4.62 Å². The molecule has 0 aromatic heterocycles. The van der Waals surface area contributed by atoms with Gasteiger partial charge in [0.05, 0.1) is 0 Å². The van der Waals surface area contributed by atoms with Gasteiger partial charge in [0.25, 0.3) is 5.09 Å². The molecule has 8 heteroatoms. The minimum absolute atomic E-state index is 0. The number of hydrogen-bond donors (Lipinski definition) is 0. The summed E-state index contributed by atoms with van der Waals surface area (Å²) in [5.74, 6) is 0. The zero-order chi connectivity index (χ0) is 9.90. The molecule has 0 aliphatic rings. The van der Waals surface area contributed by atoms with Gasteiger partial charge < -0.3 is 9.46 Å². The molecule has 1 unspecified atom stereocenters. The molecule has 0 fully saturated rings. The fraction of sp³-hybridized carbons (Fsp3) is 0. The molecular formula is C6H5NNaO5P. The first-order valence-corrected chi connectivity index (χ1v) is 4.77. The van der Waals surface area contributed by atoms with E-state index in [1.165, 1.54) is 24.3 Å². The van der Waals surface area contributed by atoms with Gasteiger partial charge in [0.2, 0.25) is 7.60 Å². The van der Waals surface area contributed by atoms with Crippen LogP contribution in [0.3, 0.4) is 0 Å². The molecule has 0 saturated carbocycles. The quantitative estimate of drug-likeness (QED) is 0.238. The molecule has 0 saturated heterocycles. The van der Waals surface area contributed by atoms with E-state index in [-0.39, 0.29) is 34.9 Å². The zero-order valence-electron chi connectivity index (χ0n) is 7.32. The first-order chi connectivity index (χ1) is 6.02. The Morgan fingerprint density at radius 1 is 1.29 bits per heavy atom. The van der Waals surface area contributed by atoms with Crippen LogP contribution < -0.4 is 39.8 Å². The number of benzene rings is 1. The topological polar surface area (TPSA) is 92.5 Å². The maximum Gasteiger partial charge on any atom is 1.00 e. The fourth-order valence-electron chi connectivity index (χ4n) is 0.745. The van der Waals surface area contributed by atoms with Gasteiger partial charge >= 0.3 is 29.6 Å². The average Bonchev–Trinajstić information content (AvgIpc) is 2.04. The summed E-state index contributed by atoms with van der Waals surface area (Å²) in [6.45, 7) is 0. The third-order valence-electron chi connectivity index (χ3n) is 1.25.